The van der Waals surface area contributed by atoms with Crippen LogP contribution in [0.4, 0.5) is 0 Å². The molecule has 1 aliphatic rings. The number of hydrogen-bond acceptors (Lipinski definition) is 4. The number of carbonyl (C=O) groups excluding carboxylic acids is 1. The summed E-state index contributed by atoms with van der Waals surface area (Å²) in [5, 5.41) is 15.4. The van der Waals surface area contributed by atoms with Gasteiger partial charge in [0.25, 0.3) is 0 Å². The van der Waals surface area contributed by atoms with Crippen molar-refractivity contribution in [1.82, 2.24) is 15.1 Å². The maximum Gasteiger partial charge on any atom is 0.356 e. The summed E-state index contributed by atoms with van der Waals surface area (Å²) < 4.78 is 4.90. The molecule has 1 saturated heterocycles. The van der Waals surface area contributed by atoms with Crippen molar-refractivity contribution < 1.29 is 19.4 Å². The van der Waals surface area contributed by atoms with Gasteiger partial charge in [0.05, 0.1) is 13.0 Å². The first-order chi connectivity index (χ1) is 9.61. The molecule has 0 saturated carbocycles. The predicted molar refractivity (Wildman–Crippen MR) is 70.6 cm³/mol. The normalized spacial score (nSPS) is 16.4. The number of carboxylic acid groups (broad SMARTS) is 1. The molecule has 0 bridgehead atoms. The van der Waals surface area contributed by atoms with E-state index in [1.165, 1.54) is 0 Å². The molecule has 0 unspecified atom stereocenters. The van der Waals surface area contributed by atoms with E-state index in [9.17, 15) is 9.59 Å². The van der Waals surface area contributed by atoms with Gasteiger partial charge >= 0.3 is 5.97 Å². The van der Waals surface area contributed by atoms with Crippen LogP contribution in [0, 0.1) is 0 Å². The maximum absolute atomic E-state index is 11.8. The second kappa shape index (κ2) is 6.51. The lowest BCUT2D eigenvalue weighted by molar-refractivity contribution is -0.133. The van der Waals surface area contributed by atoms with Crippen LogP contribution in [-0.4, -0.2) is 58.9 Å². The first-order valence-electron chi connectivity index (χ1n) is 6.67. The van der Waals surface area contributed by atoms with E-state index < -0.39 is 5.97 Å². The molecular formula is C13H19N3O4. The van der Waals surface area contributed by atoms with Gasteiger partial charge in [0.1, 0.15) is 0 Å². The number of ether oxygens (including phenoxy) is 1. The van der Waals surface area contributed by atoms with E-state index in [-0.39, 0.29) is 17.5 Å². The number of hydrogen-bond donors (Lipinski definition) is 2. The average molecular weight is 281 g/mol. The minimum Gasteiger partial charge on any atom is -0.476 e. The van der Waals surface area contributed by atoms with Gasteiger partial charge in [0, 0.05) is 31.8 Å². The topological polar surface area (TPSA) is 95.5 Å². The fourth-order valence-corrected chi connectivity index (χ4v) is 2.44. The van der Waals surface area contributed by atoms with Crippen LogP contribution >= 0.6 is 0 Å². The monoisotopic (exact) mass is 281 g/mol. The highest BCUT2D eigenvalue weighted by Gasteiger charge is 2.25. The van der Waals surface area contributed by atoms with Crippen LogP contribution < -0.4 is 0 Å². The number of rotatable bonds is 5. The molecule has 7 heteroatoms. The van der Waals surface area contributed by atoms with Crippen molar-refractivity contribution in [3.05, 3.63) is 17.5 Å². The van der Waals surface area contributed by atoms with Crippen molar-refractivity contribution in [2.24, 2.45) is 0 Å². The van der Waals surface area contributed by atoms with E-state index in [0.717, 1.165) is 18.5 Å². The lowest BCUT2D eigenvalue weighted by atomic mass is 9.93. The van der Waals surface area contributed by atoms with Gasteiger partial charge in [0.15, 0.2) is 5.69 Å². The Bertz CT molecular complexity index is 478. The zero-order chi connectivity index (χ0) is 14.5. The number of aromatic carboxylic acids is 1. The average Bonchev–Trinajstić information content (AvgIpc) is 2.95. The van der Waals surface area contributed by atoms with Crippen LogP contribution in [0.5, 0.6) is 0 Å². The van der Waals surface area contributed by atoms with Crippen LogP contribution in [0.15, 0.2) is 6.07 Å². The van der Waals surface area contributed by atoms with Crippen molar-refractivity contribution in [2.45, 2.75) is 25.2 Å². The molecule has 110 valence electrons. The van der Waals surface area contributed by atoms with Crippen LogP contribution in [0.3, 0.4) is 0 Å². The van der Waals surface area contributed by atoms with Gasteiger partial charge in [0.2, 0.25) is 5.91 Å². The van der Waals surface area contributed by atoms with Gasteiger partial charge < -0.3 is 14.7 Å². The summed E-state index contributed by atoms with van der Waals surface area (Å²) in [4.78, 5) is 24.5. The molecule has 7 nitrogen and oxygen atoms in total. The van der Waals surface area contributed by atoms with Crippen LogP contribution in [0.2, 0.25) is 0 Å². The summed E-state index contributed by atoms with van der Waals surface area (Å²) in [6.07, 6.45) is 2.05. The Morgan fingerprint density at radius 3 is 2.75 bits per heavy atom. The number of methoxy groups -OCH3 is 1. The van der Waals surface area contributed by atoms with E-state index in [4.69, 9.17) is 9.84 Å². The number of aromatic amines is 1. The second-order valence-electron chi connectivity index (χ2n) is 4.91. The Morgan fingerprint density at radius 1 is 1.50 bits per heavy atom. The van der Waals surface area contributed by atoms with Crippen LogP contribution in [0.25, 0.3) is 0 Å². The molecule has 0 spiro atoms. The Hall–Kier alpha value is -1.89. The number of H-pyrrole nitrogens is 1. The van der Waals surface area contributed by atoms with Gasteiger partial charge in [-0.05, 0) is 18.9 Å². The summed E-state index contributed by atoms with van der Waals surface area (Å²) in [5.41, 5.74) is 0.880. The fourth-order valence-electron chi connectivity index (χ4n) is 2.44. The number of amides is 1. The molecule has 1 aromatic heterocycles. The molecule has 2 N–H and O–H groups in total. The predicted octanol–water partition coefficient (Wildman–Crippen LogP) is 0.850. The van der Waals surface area contributed by atoms with Gasteiger partial charge in [-0.1, -0.05) is 0 Å². The van der Waals surface area contributed by atoms with E-state index in [1.807, 2.05) is 4.90 Å². The van der Waals surface area contributed by atoms with Gasteiger partial charge in [-0.25, -0.2) is 4.79 Å². The van der Waals surface area contributed by atoms with E-state index in [0.29, 0.717) is 26.1 Å². The first kappa shape index (κ1) is 14.5. The number of carbonyl (C=O) groups is 2. The third-order valence-corrected chi connectivity index (χ3v) is 3.62. The molecule has 1 fully saturated rings. The van der Waals surface area contributed by atoms with Crippen molar-refractivity contribution in [2.75, 3.05) is 26.8 Å². The summed E-state index contributed by atoms with van der Waals surface area (Å²) in [5.74, 6) is -0.678. The molecule has 0 radical (unpaired) electrons. The van der Waals surface area contributed by atoms with Crippen molar-refractivity contribution in [3.63, 3.8) is 0 Å². The number of aromatic nitrogens is 2. The molecule has 0 aromatic carbocycles. The SMILES string of the molecule is COCCC(=O)N1CCC(c2cc(C(=O)O)n[nH]2)CC1. The third kappa shape index (κ3) is 3.36. The van der Waals surface area contributed by atoms with Crippen molar-refractivity contribution in [3.8, 4) is 0 Å². The summed E-state index contributed by atoms with van der Waals surface area (Å²) in [6, 6.07) is 1.58. The first-order valence-corrected chi connectivity index (χ1v) is 6.67. The highest BCUT2D eigenvalue weighted by atomic mass is 16.5. The quantitative estimate of drug-likeness (QED) is 0.834. The minimum absolute atomic E-state index is 0.0404. The van der Waals surface area contributed by atoms with Crippen molar-refractivity contribution in [1.29, 1.82) is 0 Å². The van der Waals surface area contributed by atoms with Crippen molar-refractivity contribution >= 4 is 11.9 Å². The zero-order valence-corrected chi connectivity index (χ0v) is 11.5. The summed E-state index contributed by atoms with van der Waals surface area (Å²) in [7, 11) is 1.58. The number of nitrogens with one attached hydrogen (secondary N) is 1. The number of carboxylic acids is 1. The van der Waals surface area contributed by atoms with Crippen LogP contribution in [0.1, 0.15) is 41.4 Å². The lowest BCUT2D eigenvalue weighted by Gasteiger charge is -2.31. The number of likely N-dealkylation sites (tertiary alicyclic amines) is 1. The minimum atomic E-state index is -1.03. The van der Waals surface area contributed by atoms with E-state index in [2.05, 4.69) is 10.2 Å². The van der Waals surface area contributed by atoms with Gasteiger partial charge in [-0.2, -0.15) is 5.10 Å². The Balaban J connectivity index is 1.87. The Labute approximate surface area is 116 Å². The molecule has 0 aliphatic carbocycles. The van der Waals surface area contributed by atoms with E-state index in [1.54, 1.807) is 13.2 Å². The Kier molecular flexibility index (Phi) is 4.73. The lowest BCUT2D eigenvalue weighted by Crippen LogP contribution is -2.38. The number of piperidine rings is 1. The third-order valence-electron chi connectivity index (χ3n) is 3.62. The molecular weight excluding hydrogens is 262 g/mol. The smallest absolute Gasteiger partial charge is 0.356 e. The second-order valence-corrected chi connectivity index (χ2v) is 4.91. The Morgan fingerprint density at radius 2 is 2.20 bits per heavy atom. The largest absolute Gasteiger partial charge is 0.476 e. The standard InChI is InChI=1S/C13H19N3O4/c1-20-7-4-12(17)16-5-2-9(3-6-16)10-8-11(13(18)19)15-14-10/h8-9H,2-7H2,1H3,(H,14,15)(H,18,19). The molecule has 2 heterocycles. The van der Waals surface area contributed by atoms with E-state index >= 15 is 0 Å². The maximum atomic E-state index is 11.8. The van der Waals surface area contributed by atoms with Crippen LogP contribution in [-0.2, 0) is 9.53 Å². The highest BCUT2D eigenvalue weighted by Crippen LogP contribution is 2.27. The highest BCUT2D eigenvalue weighted by molar-refractivity contribution is 5.85. The summed E-state index contributed by atoms with van der Waals surface area (Å²) in [6.45, 7) is 1.82. The van der Waals surface area contributed by atoms with Gasteiger partial charge in [-0.15, -0.1) is 0 Å². The molecule has 1 aliphatic heterocycles. The zero-order valence-electron chi connectivity index (χ0n) is 11.5. The molecule has 0 atom stereocenters. The summed E-state index contributed by atoms with van der Waals surface area (Å²) >= 11 is 0. The molecule has 2 rings (SSSR count). The van der Waals surface area contributed by atoms with Gasteiger partial charge in [-0.3, -0.25) is 9.89 Å². The molecule has 1 aromatic rings. The number of nitrogens with zero attached hydrogens (tertiary/aromatic N) is 2. The fraction of sp³-hybridized carbons (Fsp3) is 0.615. The molecule has 20 heavy (non-hydrogen) atoms. The molecule has 1 amide bonds.